The number of hydrogen-bond donors (Lipinski definition) is 2. The van der Waals surface area contributed by atoms with Crippen LogP contribution in [0.25, 0.3) is 0 Å². The van der Waals surface area contributed by atoms with Crippen LogP contribution in [0.4, 0.5) is 11.4 Å². The Morgan fingerprint density at radius 3 is 2.41 bits per heavy atom. The molecule has 0 fully saturated rings. The molecule has 0 aromatic heterocycles. The van der Waals surface area contributed by atoms with Crippen LogP contribution in [0.15, 0.2) is 42.5 Å². The van der Waals surface area contributed by atoms with Gasteiger partial charge in [0.1, 0.15) is 0 Å². The molecule has 5 heteroatoms. The fourth-order valence-corrected chi connectivity index (χ4v) is 2.45. The van der Waals surface area contributed by atoms with Crippen molar-refractivity contribution in [3.05, 3.63) is 58.6 Å². The minimum Gasteiger partial charge on any atom is -0.378 e. The lowest BCUT2D eigenvalue weighted by atomic mass is 10.2. The molecule has 3 nitrogen and oxygen atoms in total. The molecule has 2 aromatic rings. The van der Waals surface area contributed by atoms with E-state index in [9.17, 15) is 0 Å². The van der Waals surface area contributed by atoms with Crippen molar-refractivity contribution < 1.29 is 0 Å². The number of hydrogen-bond acceptors (Lipinski definition) is 2. The molecule has 2 rings (SSSR count). The summed E-state index contributed by atoms with van der Waals surface area (Å²) in [6.07, 6.45) is 0. The maximum atomic E-state index is 6.18. The summed E-state index contributed by atoms with van der Waals surface area (Å²) < 4.78 is 0. The lowest BCUT2D eigenvalue weighted by Crippen LogP contribution is -2.28. The molecule has 116 valence electrons. The summed E-state index contributed by atoms with van der Waals surface area (Å²) >= 11 is 11.5. The van der Waals surface area contributed by atoms with E-state index in [1.54, 1.807) is 0 Å². The predicted molar refractivity (Wildman–Crippen MR) is 100 cm³/mol. The van der Waals surface area contributed by atoms with Gasteiger partial charge in [-0.05, 0) is 54.5 Å². The highest BCUT2D eigenvalue weighted by atomic mass is 35.5. The van der Waals surface area contributed by atoms with Gasteiger partial charge >= 0.3 is 0 Å². The van der Waals surface area contributed by atoms with Crippen LogP contribution < -0.4 is 15.5 Å². The van der Waals surface area contributed by atoms with E-state index in [1.807, 2.05) is 39.2 Å². The molecule has 0 aliphatic heterocycles. The van der Waals surface area contributed by atoms with Gasteiger partial charge in [-0.2, -0.15) is 0 Å². The third-order valence-corrected chi connectivity index (χ3v) is 3.84. The van der Waals surface area contributed by atoms with E-state index in [1.165, 1.54) is 11.3 Å². The Kier molecular flexibility index (Phi) is 5.63. The number of benzene rings is 2. The van der Waals surface area contributed by atoms with E-state index in [4.69, 9.17) is 23.8 Å². The van der Waals surface area contributed by atoms with Gasteiger partial charge < -0.3 is 15.5 Å². The van der Waals surface area contributed by atoms with Crippen LogP contribution in [0.5, 0.6) is 0 Å². The quantitative estimate of drug-likeness (QED) is 0.820. The second kappa shape index (κ2) is 7.47. The molecule has 2 N–H and O–H groups in total. The molecular weight excluding hydrogens is 314 g/mol. The molecule has 0 radical (unpaired) electrons. The van der Waals surface area contributed by atoms with E-state index in [0.717, 1.165) is 11.3 Å². The molecule has 0 heterocycles. The Balaban J connectivity index is 1.89. The van der Waals surface area contributed by atoms with Gasteiger partial charge in [-0.1, -0.05) is 29.8 Å². The molecule has 0 amide bonds. The number of nitrogens with one attached hydrogen (secondary N) is 2. The number of thiocarbonyl (C=S) groups is 1. The molecule has 0 unspecified atom stereocenters. The highest BCUT2D eigenvalue weighted by Gasteiger charge is 2.03. The standard InChI is InChI=1S/C17H20ClN3S/c1-12-4-9-16(15(18)10-12)20-17(22)19-11-13-5-7-14(8-6-13)21(2)3/h4-10H,11H2,1-3H3,(H2,19,20,22). The zero-order chi connectivity index (χ0) is 16.1. The molecule has 0 aliphatic rings. The molecule has 2 aromatic carbocycles. The lowest BCUT2D eigenvalue weighted by molar-refractivity contribution is 0.925. The summed E-state index contributed by atoms with van der Waals surface area (Å²) in [7, 11) is 4.05. The summed E-state index contributed by atoms with van der Waals surface area (Å²) in [6.45, 7) is 2.67. The van der Waals surface area contributed by atoms with Crippen molar-refractivity contribution in [2.75, 3.05) is 24.3 Å². The topological polar surface area (TPSA) is 27.3 Å². The van der Waals surface area contributed by atoms with Gasteiger partial charge in [0.15, 0.2) is 5.11 Å². The molecule has 0 saturated heterocycles. The average molecular weight is 334 g/mol. The Labute approximate surface area is 142 Å². The zero-order valence-electron chi connectivity index (χ0n) is 13.0. The molecule has 0 spiro atoms. The van der Waals surface area contributed by atoms with Gasteiger partial charge in [-0.3, -0.25) is 0 Å². The largest absolute Gasteiger partial charge is 0.378 e. The van der Waals surface area contributed by atoms with Gasteiger partial charge in [0, 0.05) is 26.3 Å². The summed E-state index contributed by atoms with van der Waals surface area (Å²) in [5, 5.41) is 7.53. The van der Waals surface area contributed by atoms with Crippen molar-refractivity contribution in [1.82, 2.24) is 5.32 Å². The van der Waals surface area contributed by atoms with Crippen LogP contribution in [0.2, 0.25) is 5.02 Å². The van der Waals surface area contributed by atoms with Crippen molar-refractivity contribution in [3.8, 4) is 0 Å². The second-order valence-electron chi connectivity index (χ2n) is 5.35. The van der Waals surface area contributed by atoms with Gasteiger partial charge in [-0.25, -0.2) is 0 Å². The van der Waals surface area contributed by atoms with Crippen molar-refractivity contribution in [3.63, 3.8) is 0 Å². The van der Waals surface area contributed by atoms with Crippen LogP contribution >= 0.6 is 23.8 Å². The van der Waals surface area contributed by atoms with E-state index >= 15 is 0 Å². The van der Waals surface area contributed by atoms with E-state index in [2.05, 4.69) is 39.8 Å². The van der Waals surface area contributed by atoms with Crippen LogP contribution in [-0.4, -0.2) is 19.2 Å². The highest BCUT2D eigenvalue weighted by molar-refractivity contribution is 7.80. The highest BCUT2D eigenvalue weighted by Crippen LogP contribution is 2.22. The average Bonchev–Trinajstić information content (AvgIpc) is 2.48. The first-order valence-corrected chi connectivity index (χ1v) is 7.81. The molecule has 0 aliphatic carbocycles. The Hall–Kier alpha value is -1.78. The van der Waals surface area contributed by atoms with E-state index in [0.29, 0.717) is 16.7 Å². The third kappa shape index (κ3) is 4.61. The minimum absolute atomic E-state index is 0.558. The first kappa shape index (κ1) is 16.6. The molecule has 0 atom stereocenters. The SMILES string of the molecule is Cc1ccc(NC(=S)NCc2ccc(N(C)C)cc2)c(Cl)c1. The van der Waals surface area contributed by atoms with Gasteiger partial charge in [0.2, 0.25) is 0 Å². The molecule has 0 bridgehead atoms. The zero-order valence-corrected chi connectivity index (χ0v) is 14.6. The summed E-state index contributed by atoms with van der Waals surface area (Å²) in [5.74, 6) is 0. The normalized spacial score (nSPS) is 10.2. The number of rotatable bonds is 4. The summed E-state index contributed by atoms with van der Waals surface area (Å²) in [4.78, 5) is 2.07. The van der Waals surface area contributed by atoms with E-state index in [-0.39, 0.29) is 0 Å². The van der Waals surface area contributed by atoms with Crippen LogP contribution in [0.1, 0.15) is 11.1 Å². The monoisotopic (exact) mass is 333 g/mol. The minimum atomic E-state index is 0.558. The maximum Gasteiger partial charge on any atom is 0.171 e. The third-order valence-electron chi connectivity index (χ3n) is 3.28. The van der Waals surface area contributed by atoms with Crippen LogP contribution in [0.3, 0.4) is 0 Å². The maximum absolute atomic E-state index is 6.18. The van der Waals surface area contributed by atoms with Crippen molar-refractivity contribution >= 4 is 40.3 Å². The van der Waals surface area contributed by atoms with Gasteiger partial charge in [0.25, 0.3) is 0 Å². The van der Waals surface area contributed by atoms with Crippen molar-refractivity contribution in [2.45, 2.75) is 13.5 Å². The lowest BCUT2D eigenvalue weighted by Gasteiger charge is -2.14. The molecule has 22 heavy (non-hydrogen) atoms. The Morgan fingerprint density at radius 2 is 1.82 bits per heavy atom. The van der Waals surface area contributed by atoms with Crippen LogP contribution in [0, 0.1) is 6.92 Å². The molecule has 0 saturated carbocycles. The fourth-order valence-electron chi connectivity index (χ4n) is 1.98. The molecular formula is C17H20ClN3S. The summed E-state index contributed by atoms with van der Waals surface area (Å²) in [6, 6.07) is 14.2. The number of nitrogens with zero attached hydrogens (tertiary/aromatic N) is 1. The predicted octanol–water partition coefficient (Wildman–Crippen LogP) is 4.20. The van der Waals surface area contributed by atoms with Crippen molar-refractivity contribution in [1.29, 1.82) is 0 Å². The first-order valence-electron chi connectivity index (χ1n) is 7.03. The van der Waals surface area contributed by atoms with E-state index < -0.39 is 0 Å². The number of halogens is 1. The first-order chi connectivity index (χ1) is 10.5. The Bertz CT molecular complexity index is 653. The van der Waals surface area contributed by atoms with Crippen LogP contribution in [-0.2, 0) is 6.54 Å². The Morgan fingerprint density at radius 1 is 1.14 bits per heavy atom. The summed E-state index contributed by atoms with van der Waals surface area (Å²) in [5.41, 5.74) is 4.28. The van der Waals surface area contributed by atoms with Crippen molar-refractivity contribution in [2.24, 2.45) is 0 Å². The number of anilines is 2. The fraction of sp³-hybridized carbons (Fsp3) is 0.235. The van der Waals surface area contributed by atoms with Gasteiger partial charge in [-0.15, -0.1) is 0 Å². The smallest absolute Gasteiger partial charge is 0.171 e. The second-order valence-corrected chi connectivity index (χ2v) is 6.17. The van der Waals surface area contributed by atoms with Gasteiger partial charge in [0.05, 0.1) is 10.7 Å². The number of aryl methyl sites for hydroxylation is 1.